The molecule has 0 unspecified atom stereocenters. The molecule has 558 valence electrons. The molecular formula is C76H69IN8O19S4. The lowest BCUT2D eigenvalue weighted by Crippen LogP contribution is -2.15. The van der Waals surface area contributed by atoms with Crippen LogP contribution in [0.25, 0.3) is 0 Å². The second kappa shape index (κ2) is 37.2. The average molecular weight is 1650 g/mol. The Labute approximate surface area is 636 Å². The fraction of sp³-hybridized carbons (Fsp3) is 0.105. The van der Waals surface area contributed by atoms with E-state index in [1.54, 1.807) is 110 Å². The summed E-state index contributed by atoms with van der Waals surface area (Å²) < 4.78 is 114. The average Bonchev–Trinajstić information content (AvgIpc) is 0.819. The third-order valence-corrected chi connectivity index (χ3v) is 21.3. The van der Waals surface area contributed by atoms with Crippen molar-refractivity contribution in [2.75, 3.05) is 26.0 Å². The Hall–Kier alpha value is -12.1. The molecule has 11 aromatic rings. The summed E-state index contributed by atoms with van der Waals surface area (Å²) in [6.45, 7) is 11.1. The van der Waals surface area contributed by atoms with Gasteiger partial charge in [-0.25, -0.2) is 33.7 Å². The SMILES string of the molecule is COc1cccc(C(=O)Cc2cccc(C(=O)c3ccccc3)c2)c1.Cc1cc(C)c(NS(=O)(=O)c2cccc([N+](=O)[O-])c2)c(C)c1.Cc1cc(C)cc(NS(=O)(=O)c2cccc([N+](=O)[O-])c2)c1.Cc1cccc(NS(=O)(=O)c2cccc([N+](=O)[O-])c2)c1.O=[N+]([O-])c1cccc(S(=O)(=O)Nc2ccc(I)cc2)c1. The molecule has 0 saturated heterocycles. The molecular weight excluding hydrogens is 1580 g/mol. The van der Waals surface area contributed by atoms with Gasteiger partial charge < -0.3 is 4.74 Å². The van der Waals surface area contributed by atoms with Crippen molar-refractivity contribution in [3.63, 3.8) is 0 Å². The fourth-order valence-electron chi connectivity index (χ4n) is 10.2. The van der Waals surface area contributed by atoms with Gasteiger partial charge in [-0.05, 0) is 189 Å². The van der Waals surface area contributed by atoms with Gasteiger partial charge in [-0.15, -0.1) is 0 Å². The second-order valence-electron chi connectivity index (χ2n) is 23.7. The number of carbonyl (C=O) groups is 2. The molecule has 27 nitrogen and oxygen atoms in total. The normalized spacial score (nSPS) is 10.9. The molecule has 0 aromatic heterocycles. The number of non-ortho nitro benzene ring substituents is 4. The predicted octanol–water partition coefficient (Wildman–Crippen LogP) is 16.4. The number of hydrogen-bond donors (Lipinski definition) is 4. The number of nitro benzene ring substituents is 4. The molecule has 0 spiro atoms. The first-order valence-corrected chi connectivity index (χ1v) is 38.9. The number of nitrogens with zero attached hydrogens (tertiary/aromatic N) is 4. The van der Waals surface area contributed by atoms with Crippen molar-refractivity contribution in [2.24, 2.45) is 0 Å². The van der Waals surface area contributed by atoms with Crippen molar-refractivity contribution in [1.82, 2.24) is 0 Å². The van der Waals surface area contributed by atoms with Gasteiger partial charge in [0.05, 0.1) is 52.1 Å². The topological polar surface area (TPSA) is 401 Å². The van der Waals surface area contributed by atoms with E-state index in [1.807, 2.05) is 96.1 Å². The van der Waals surface area contributed by atoms with Crippen molar-refractivity contribution < 1.29 is 67.7 Å². The van der Waals surface area contributed by atoms with Gasteiger partial charge in [0, 0.05) is 92.3 Å². The van der Waals surface area contributed by atoms with Crippen LogP contribution in [0.3, 0.4) is 0 Å². The lowest BCUT2D eigenvalue weighted by molar-refractivity contribution is -0.385. The summed E-state index contributed by atoms with van der Waals surface area (Å²) in [6, 6.07) is 65.8. The number of carbonyl (C=O) groups excluding carboxylic acids is 2. The Morgan fingerprint density at radius 3 is 1.19 bits per heavy atom. The number of ether oxygens (including phenoxy) is 1. The summed E-state index contributed by atoms with van der Waals surface area (Å²) in [7, 11) is -13.8. The van der Waals surface area contributed by atoms with Crippen LogP contribution in [0.2, 0.25) is 0 Å². The number of benzene rings is 11. The van der Waals surface area contributed by atoms with Crippen molar-refractivity contribution in [2.45, 2.75) is 67.5 Å². The quantitative estimate of drug-likeness (QED) is 0.0212. The standard InChI is InChI=1S/C22H18O3.C15H16N2O4S.C14H14N2O4S.C13H12N2O4S.C12H9IN2O4S/c1-25-20-12-6-10-18(15-20)21(23)14-16-7-5-11-19(13-16)22(24)17-8-3-2-4-9-17;1-10-7-11(2)15(12(3)8-10)16-22(20,21)14-6-4-5-13(9-14)17(18)19;1-10-6-11(2)8-12(7-10)15-21(19,20)14-5-3-4-13(9-14)16(17)18;1-10-4-2-5-11(8-10)14-20(18,19)13-7-3-6-12(9-13)15(16)17;13-9-4-6-10(7-5-9)14-20(18,19)12-3-1-2-11(8-12)15(16)17/h2-13,15H,14H2,1H3;4-9,16H,1-3H3;3-9,15H,1-2H3;2-9,14H,1H3;1-8,14H. The highest BCUT2D eigenvalue weighted by Gasteiger charge is 2.23. The molecule has 0 fully saturated rings. The van der Waals surface area contributed by atoms with Gasteiger partial charge in [0.15, 0.2) is 11.6 Å². The van der Waals surface area contributed by atoms with Gasteiger partial charge in [-0.2, -0.15) is 0 Å². The number of hydrogen-bond acceptors (Lipinski definition) is 19. The molecule has 0 bridgehead atoms. The molecule has 32 heteroatoms. The molecule has 0 amide bonds. The number of rotatable bonds is 22. The predicted molar refractivity (Wildman–Crippen MR) is 420 cm³/mol. The summed E-state index contributed by atoms with van der Waals surface area (Å²) in [4.78, 5) is 64.8. The van der Waals surface area contributed by atoms with E-state index < -0.39 is 59.8 Å². The smallest absolute Gasteiger partial charge is 0.270 e. The van der Waals surface area contributed by atoms with E-state index in [1.165, 1.54) is 72.8 Å². The Balaban J connectivity index is 0.000000189. The van der Waals surface area contributed by atoms with E-state index in [0.717, 1.165) is 66.8 Å². The number of nitro groups is 4. The Bertz CT molecular complexity index is 5620. The van der Waals surface area contributed by atoms with E-state index in [0.29, 0.717) is 45.2 Å². The van der Waals surface area contributed by atoms with Crippen LogP contribution in [0.1, 0.15) is 65.2 Å². The van der Waals surface area contributed by atoms with Crippen LogP contribution in [0.15, 0.2) is 274 Å². The number of sulfonamides is 4. The second-order valence-corrected chi connectivity index (χ2v) is 31.7. The zero-order valence-electron chi connectivity index (χ0n) is 58.5. The van der Waals surface area contributed by atoms with E-state index in [9.17, 15) is 83.7 Å². The maximum Gasteiger partial charge on any atom is 0.270 e. The number of ketones is 2. The minimum Gasteiger partial charge on any atom is -0.497 e. The van der Waals surface area contributed by atoms with Crippen molar-refractivity contribution in [3.05, 3.63) is 354 Å². The molecule has 4 N–H and O–H groups in total. The van der Waals surface area contributed by atoms with Gasteiger partial charge >= 0.3 is 0 Å². The maximum atomic E-state index is 12.5. The van der Waals surface area contributed by atoms with Crippen LogP contribution in [0, 0.1) is 85.6 Å². The molecule has 0 aliphatic rings. The molecule has 0 radical (unpaired) electrons. The number of methoxy groups -OCH3 is 1. The third kappa shape index (κ3) is 24.5. The zero-order valence-corrected chi connectivity index (χ0v) is 63.9. The highest BCUT2D eigenvalue weighted by molar-refractivity contribution is 14.1. The van der Waals surface area contributed by atoms with Crippen molar-refractivity contribution in [3.8, 4) is 5.75 Å². The summed E-state index contributed by atoms with van der Waals surface area (Å²) in [6.07, 6.45) is 0.239. The summed E-state index contributed by atoms with van der Waals surface area (Å²) >= 11 is 2.10. The highest BCUT2D eigenvalue weighted by atomic mass is 127. The number of Topliss-reactive ketones (excluding diaryl/α,β-unsaturated/α-hetero) is 1. The van der Waals surface area contributed by atoms with Crippen LogP contribution < -0.4 is 23.6 Å². The number of nitrogens with one attached hydrogen (secondary N) is 4. The number of aryl methyl sites for hydroxylation is 6. The van der Waals surface area contributed by atoms with E-state index >= 15 is 0 Å². The van der Waals surface area contributed by atoms with Gasteiger partial charge in [0.1, 0.15) is 5.75 Å². The molecule has 0 heterocycles. The van der Waals surface area contributed by atoms with Gasteiger partial charge in [-0.3, -0.25) is 68.9 Å². The van der Waals surface area contributed by atoms with Crippen LogP contribution >= 0.6 is 22.6 Å². The zero-order chi connectivity index (χ0) is 79.3. The van der Waals surface area contributed by atoms with Crippen LogP contribution in [-0.2, 0) is 46.5 Å². The van der Waals surface area contributed by atoms with Crippen molar-refractivity contribution in [1.29, 1.82) is 0 Å². The molecule has 0 aliphatic heterocycles. The molecule has 0 aliphatic carbocycles. The first-order chi connectivity index (χ1) is 50.9. The first kappa shape index (κ1) is 83.2. The van der Waals surface area contributed by atoms with Gasteiger partial charge in [-0.1, -0.05) is 121 Å². The molecule has 0 atom stereocenters. The Morgan fingerprint density at radius 1 is 0.361 bits per heavy atom. The van der Waals surface area contributed by atoms with Gasteiger partial charge in [0.25, 0.3) is 62.8 Å². The Kier molecular flexibility index (Phi) is 28.7. The first-order valence-electron chi connectivity index (χ1n) is 31.9. The summed E-state index contributed by atoms with van der Waals surface area (Å²) in [5.74, 6) is 0.596. The highest BCUT2D eigenvalue weighted by Crippen LogP contribution is 2.29. The largest absolute Gasteiger partial charge is 0.497 e. The van der Waals surface area contributed by atoms with E-state index in [4.69, 9.17) is 4.74 Å². The van der Waals surface area contributed by atoms with Crippen LogP contribution in [0.5, 0.6) is 5.75 Å². The van der Waals surface area contributed by atoms with Crippen LogP contribution in [-0.4, -0.2) is 72.0 Å². The molecule has 108 heavy (non-hydrogen) atoms. The summed E-state index contributed by atoms with van der Waals surface area (Å²) in [5, 5.41) is 42.8. The monoisotopic (exact) mass is 1650 g/mol. The molecule has 0 saturated carbocycles. The Morgan fingerprint density at radius 2 is 0.741 bits per heavy atom. The maximum absolute atomic E-state index is 12.5. The number of anilines is 4. The third-order valence-electron chi connectivity index (χ3n) is 15.1. The van der Waals surface area contributed by atoms with E-state index in [2.05, 4.69) is 41.5 Å². The minimum absolute atomic E-state index is 0.0109. The molecule has 11 rings (SSSR count). The van der Waals surface area contributed by atoms with Crippen molar-refractivity contribution >= 4 is 120 Å². The van der Waals surface area contributed by atoms with E-state index in [-0.39, 0.29) is 60.3 Å². The van der Waals surface area contributed by atoms with Crippen LogP contribution in [0.4, 0.5) is 45.5 Å². The van der Waals surface area contributed by atoms with Gasteiger partial charge in [0.2, 0.25) is 0 Å². The lowest BCUT2D eigenvalue weighted by Gasteiger charge is -2.14. The minimum atomic E-state index is -3.88. The fourth-order valence-corrected chi connectivity index (χ4v) is 15.0. The lowest BCUT2D eigenvalue weighted by atomic mass is 9.98. The number of halogens is 1. The molecule has 11 aromatic carbocycles. The summed E-state index contributed by atoms with van der Waals surface area (Å²) in [5.41, 5.74) is 8.69.